The van der Waals surface area contributed by atoms with Crippen molar-refractivity contribution in [3.8, 4) is 5.75 Å². The summed E-state index contributed by atoms with van der Waals surface area (Å²) in [5, 5.41) is 1.72. The maximum absolute atomic E-state index is 12.4. The summed E-state index contributed by atoms with van der Waals surface area (Å²) in [5.41, 5.74) is 5.08. The molecule has 0 N–H and O–H groups in total. The number of benzene rings is 2. The quantitative estimate of drug-likeness (QED) is 0.345. The van der Waals surface area contributed by atoms with Crippen molar-refractivity contribution in [3.05, 3.63) is 84.5 Å². The number of fused-ring (bicyclic) bond motifs is 1. The number of thioether (sulfide) groups is 1. The maximum Gasteiger partial charge on any atom is 0.573 e. The number of aliphatic imine (C=N–C) groups is 1. The molecular formula is C28H28F3N3OS. The first-order valence-electron chi connectivity index (χ1n) is 11.5. The van der Waals surface area contributed by atoms with E-state index < -0.39 is 6.36 Å². The molecule has 1 aromatic heterocycles. The van der Waals surface area contributed by atoms with Crippen LogP contribution in [0.5, 0.6) is 5.75 Å². The van der Waals surface area contributed by atoms with Gasteiger partial charge in [0, 0.05) is 34.1 Å². The number of aryl methyl sites for hydroxylation is 2. The van der Waals surface area contributed by atoms with Gasteiger partial charge in [0.1, 0.15) is 10.8 Å². The zero-order valence-electron chi connectivity index (χ0n) is 20.7. The molecule has 0 fully saturated rings. The summed E-state index contributed by atoms with van der Waals surface area (Å²) in [4.78, 5) is 12.0. The Morgan fingerprint density at radius 1 is 1.03 bits per heavy atom. The highest BCUT2D eigenvalue weighted by Crippen LogP contribution is 2.34. The topological polar surface area (TPSA) is 37.7 Å². The molecule has 0 saturated heterocycles. The first kappa shape index (κ1) is 25.8. The molecule has 4 nitrogen and oxygen atoms in total. The summed E-state index contributed by atoms with van der Waals surface area (Å²) in [7, 11) is 0. The van der Waals surface area contributed by atoms with Crippen LogP contribution in [0.15, 0.2) is 83.1 Å². The van der Waals surface area contributed by atoms with E-state index >= 15 is 0 Å². The number of alkyl halides is 3. The molecule has 4 rings (SSSR count). The van der Waals surface area contributed by atoms with Crippen LogP contribution in [0, 0.1) is 12.3 Å². The van der Waals surface area contributed by atoms with E-state index in [0.717, 1.165) is 40.0 Å². The van der Waals surface area contributed by atoms with Crippen LogP contribution >= 0.6 is 11.8 Å². The molecule has 1 aliphatic rings. The highest BCUT2D eigenvalue weighted by Gasteiger charge is 2.31. The normalized spacial score (nSPS) is 14.4. The van der Waals surface area contributed by atoms with Gasteiger partial charge in [-0.3, -0.25) is 4.98 Å². The third-order valence-electron chi connectivity index (χ3n) is 5.68. The SMILES string of the molecule is C=C1C(Sc2ccc(OC(F)(F)F)cc2)=NC=CN1c1ccc2nc(CCC(C)(C)C)cc(C)c2c1. The van der Waals surface area contributed by atoms with Crippen LogP contribution in [0.4, 0.5) is 18.9 Å². The summed E-state index contributed by atoms with van der Waals surface area (Å²) in [5.74, 6) is -0.264. The van der Waals surface area contributed by atoms with Gasteiger partial charge in [-0.05, 0) is 79.3 Å². The number of aromatic nitrogens is 1. The number of pyridine rings is 1. The fourth-order valence-electron chi connectivity index (χ4n) is 3.82. The van der Waals surface area contributed by atoms with Crippen molar-refractivity contribution in [2.24, 2.45) is 10.4 Å². The second-order valence-electron chi connectivity index (χ2n) is 9.86. The number of anilines is 1. The average molecular weight is 512 g/mol. The predicted molar refractivity (Wildman–Crippen MR) is 141 cm³/mol. The van der Waals surface area contributed by atoms with Crippen molar-refractivity contribution in [1.29, 1.82) is 0 Å². The molecule has 0 amide bonds. The number of hydrogen-bond acceptors (Lipinski definition) is 5. The highest BCUT2D eigenvalue weighted by atomic mass is 32.2. The maximum atomic E-state index is 12.4. The first-order valence-corrected chi connectivity index (χ1v) is 12.4. The van der Waals surface area contributed by atoms with Crippen molar-refractivity contribution in [1.82, 2.24) is 4.98 Å². The summed E-state index contributed by atoms with van der Waals surface area (Å²) in [6.45, 7) is 13.0. The second kappa shape index (κ2) is 10.0. The Morgan fingerprint density at radius 2 is 1.75 bits per heavy atom. The van der Waals surface area contributed by atoms with Gasteiger partial charge in [0.05, 0.1) is 11.2 Å². The lowest BCUT2D eigenvalue weighted by molar-refractivity contribution is -0.274. The largest absolute Gasteiger partial charge is 0.573 e. The van der Waals surface area contributed by atoms with Crippen molar-refractivity contribution in [2.75, 3.05) is 4.90 Å². The molecule has 188 valence electrons. The molecule has 3 aromatic rings. The first-order chi connectivity index (χ1) is 16.9. The van der Waals surface area contributed by atoms with Gasteiger partial charge in [0.25, 0.3) is 0 Å². The predicted octanol–water partition coefficient (Wildman–Crippen LogP) is 8.42. The Hall–Kier alpha value is -3.26. The lowest BCUT2D eigenvalue weighted by Gasteiger charge is -2.26. The third-order valence-corrected chi connectivity index (χ3v) is 6.72. The molecule has 2 heterocycles. The molecule has 8 heteroatoms. The molecule has 0 spiro atoms. The lowest BCUT2D eigenvalue weighted by Crippen LogP contribution is -2.22. The van der Waals surface area contributed by atoms with Crippen LogP contribution in [0.25, 0.3) is 10.9 Å². The Labute approximate surface area is 213 Å². The Balaban J connectivity index is 1.51. The molecule has 0 saturated carbocycles. The van der Waals surface area contributed by atoms with Gasteiger partial charge >= 0.3 is 6.36 Å². The third kappa shape index (κ3) is 6.49. The average Bonchev–Trinajstić information content (AvgIpc) is 2.79. The van der Waals surface area contributed by atoms with E-state index in [1.165, 1.54) is 29.5 Å². The number of halogens is 3. The van der Waals surface area contributed by atoms with Crippen LogP contribution in [0.1, 0.15) is 38.4 Å². The zero-order chi connectivity index (χ0) is 26.1. The van der Waals surface area contributed by atoms with Gasteiger partial charge in [-0.1, -0.05) is 39.1 Å². The van der Waals surface area contributed by atoms with Gasteiger partial charge < -0.3 is 9.64 Å². The smallest absolute Gasteiger partial charge is 0.406 e. The minimum atomic E-state index is -4.72. The molecular weight excluding hydrogens is 483 g/mol. The lowest BCUT2D eigenvalue weighted by atomic mass is 9.89. The molecule has 0 radical (unpaired) electrons. The molecule has 36 heavy (non-hydrogen) atoms. The Morgan fingerprint density at radius 3 is 2.42 bits per heavy atom. The van der Waals surface area contributed by atoms with Gasteiger partial charge in [-0.2, -0.15) is 0 Å². The van der Waals surface area contributed by atoms with Crippen molar-refractivity contribution in [2.45, 2.75) is 51.8 Å². The van der Waals surface area contributed by atoms with E-state index in [1.54, 1.807) is 18.3 Å². The second-order valence-corrected chi connectivity index (χ2v) is 10.9. The van der Waals surface area contributed by atoms with Gasteiger partial charge in [-0.25, -0.2) is 4.99 Å². The zero-order valence-corrected chi connectivity index (χ0v) is 21.5. The molecule has 0 unspecified atom stereocenters. The molecule has 0 aliphatic carbocycles. The van der Waals surface area contributed by atoms with E-state index in [0.29, 0.717) is 10.7 Å². The summed E-state index contributed by atoms with van der Waals surface area (Å²) < 4.78 is 41.2. The number of nitrogens with zero attached hydrogens (tertiary/aromatic N) is 3. The molecule has 0 bridgehead atoms. The van der Waals surface area contributed by atoms with Gasteiger partial charge in [0.15, 0.2) is 0 Å². The van der Waals surface area contributed by atoms with Gasteiger partial charge in [0.2, 0.25) is 0 Å². The summed E-state index contributed by atoms with van der Waals surface area (Å²) in [6, 6.07) is 14.0. The van der Waals surface area contributed by atoms with E-state index in [9.17, 15) is 13.2 Å². The summed E-state index contributed by atoms with van der Waals surface area (Å²) in [6.07, 6.45) is 0.814. The van der Waals surface area contributed by atoms with Gasteiger partial charge in [-0.15, -0.1) is 13.2 Å². The van der Waals surface area contributed by atoms with E-state index in [4.69, 9.17) is 4.98 Å². The molecule has 0 atom stereocenters. The van der Waals surface area contributed by atoms with E-state index in [2.05, 4.69) is 56.1 Å². The fourth-order valence-corrected chi connectivity index (χ4v) is 4.64. The van der Waals surface area contributed by atoms with Crippen LogP contribution in [0.2, 0.25) is 0 Å². The number of ether oxygens (including phenoxy) is 1. The van der Waals surface area contributed by atoms with Crippen molar-refractivity contribution in [3.63, 3.8) is 0 Å². The van der Waals surface area contributed by atoms with Crippen LogP contribution in [-0.2, 0) is 6.42 Å². The minimum absolute atomic E-state index is 0.255. The monoisotopic (exact) mass is 511 g/mol. The molecule has 1 aliphatic heterocycles. The van der Waals surface area contributed by atoms with E-state index in [-0.39, 0.29) is 11.2 Å². The number of hydrogen-bond donors (Lipinski definition) is 0. The van der Waals surface area contributed by atoms with Crippen LogP contribution in [0.3, 0.4) is 0 Å². The Bertz CT molecular complexity index is 1340. The van der Waals surface area contributed by atoms with Crippen molar-refractivity contribution >= 4 is 33.4 Å². The van der Waals surface area contributed by atoms with E-state index in [1.807, 2.05) is 23.2 Å². The van der Waals surface area contributed by atoms with Crippen LogP contribution in [-0.4, -0.2) is 16.4 Å². The van der Waals surface area contributed by atoms with Crippen LogP contribution < -0.4 is 9.64 Å². The van der Waals surface area contributed by atoms with Crippen molar-refractivity contribution < 1.29 is 17.9 Å². The minimum Gasteiger partial charge on any atom is -0.406 e. The standard InChI is InChI=1S/C28H28F3N3OS/c1-18-16-20(12-13-27(3,4)5)33-25-11-6-21(17-24(18)25)34-15-14-32-26(19(34)2)36-23-9-7-22(8-10-23)35-28(29,30)31/h6-11,14-17H,2,12-13H2,1,3-5H3. The fraction of sp³-hybridized carbons (Fsp3) is 0.286. The summed E-state index contributed by atoms with van der Waals surface area (Å²) >= 11 is 1.32. The Kier molecular flexibility index (Phi) is 7.18. The molecule has 2 aromatic carbocycles. The number of rotatable bonds is 5. The highest BCUT2D eigenvalue weighted by molar-refractivity contribution is 8.14.